The average molecular weight is 343 g/mol. The number of nitrogens with one attached hydrogen (secondary N) is 1. The highest BCUT2D eigenvalue weighted by molar-refractivity contribution is 5.97. The van der Waals surface area contributed by atoms with Gasteiger partial charge >= 0.3 is 0 Å². The summed E-state index contributed by atoms with van der Waals surface area (Å²) in [5, 5.41) is 7.19. The summed E-state index contributed by atoms with van der Waals surface area (Å²) < 4.78 is 11.8. The maximum absolute atomic E-state index is 12.4. The number of nitrogens with zero attached hydrogens (tertiary/aromatic N) is 2. The van der Waals surface area contributed by atoms with Gasteiger partial charge in [-0.15, -0.1) is 0 Å². The zero-order valence-corrected chi connectivity index (χ0v) is 14.4. The lowest BCUT2D eigenvalue weighted by Crippen LogP contribution is -2.32. The van der Waals surface area contributed by atoms with E-state index in [1.54, 1.807) is 24.3 Å². The molecule has 1 N–H and O–H groups in total. The van der Waals surface area contributed by atoms with E-state index < -0.39 is 0 Å². The molecule has 0 aliphatic heterocycles. The highest BCUT2D eigenvalue weighted by Crippen LogP contribution is 2.23. The van der Waals surface area contributed by atoms with E-state index in [1.807, 2.05) is 0 Å². The Bertz CT molecular complexity index is 845. The number of hydrogen-bond acceptors (Lipinski definition) is 5. The van der Waals surface area contributed by atoms with Crippen molar-refractivity contribution in [3.05, 3.63) is 51.4 Å². The van der Waals surface area contributed by atoms with Crippen molar-refractivity contribution in [2.45, 2.75) is 25.8 Å². The molecule has 1 heterocycles. The van der Waals surface area contributed by atoms with Crippen LogP contribution in [0.15, 0.2) is 29.1 Å². The lowest BCUT2D eigenvalue weighted by molar-refractivity contribution is 0.0948. The Morgan fingerprint density at radius 1 is 1.24 bits per heavy atom. The second-order valence-corrected chi connectivity index (χ2v) is 5.85. The van der Waals surface area contributed by atoms with Crippen LogP contribution in [0.4, 0.5) is 0 Å². The first-order chi connectivity index (χ1) is 12.1. The molecule has 1 aromatic heterocycles. The van der Waals surface area contributed by atoms with Gasteiger partial charge < -0.3 is 14.8 Å². The van der Waals surface area contributed by atoms with E-state index in [1.165, 1.54) is 18.9 Å². The number of carbonyl (C=O) groups excluding carboxylic acids is 1. The summed E-state index contributed by atoms with van der Waals surface area (Å²) >= 11 is 0. The highest BCUT2D eigenvalue weighted by atomic mass is 16.5. The summed E-state index contributed by atoms with van der Waals surface area (Å²) in [5.41, 5.74) is 2.29. The minimum absolute atomic E-state index is 0.131. The summed E-state index contributed by atoms with van der Waals surface area (Å²) in [7, 11) is 3.04. The second kappa shape index (κ2) is 7.38. The average Bonchev–Trinajstić information content (AvgIpc) is 3.08. The van der Waals surface area contributed by atoms with Crippen LogP contribution in [0.5, 0.6) is 11.5 Å². The summed E-state index contributed by atoms with van der Waals surface area (Å²) in [4.78, 5) is 24.5. The maximum atomic E-state index is 12.4. The monoisotopic (exact) mass is 343 g/mol. The Morgan fingerprint density at radius 2 is 2.08 bits per heavy atom. The van der Waals surface area contributed by atoms with Crippen molar-refractivity contribution < 1.29 is 14.3 Å². The largest absolute Gasteiger partial charge is 0.497 e. The Kier molecular flexibility index (Phi) is 5.02. The number of hydrogen-bond donors (Lipinski definition) is 1. The van der Waals surface area contributed by atoms with Crippen LogP contribution >= 0.6 is 0 Å². The molecule has 0 bridgehead atoms. The number of carbonyl (C=O) groups is 1. The SMILES string of the molecule is COc1ccc(OC)c(C(=O)NCCn2nc3c(cc2=O)CCC3)c1. The molecule has 0 radical (unpaired) electrons. The smallest absolute Gasteiger partial charge is 0.267 e. The highest BCUT2D eigenvalue weighted by Gasteiger charge is 2.16. The molecule has 0 saturated heterocycles. The zero-order chi connectivity index (χ0) is 17.8. The molecule has 1 aromatic carbocycles. The molecule has 132 valence electrons. The Morgan fingerprint density at radius 3 is 2.84 bits per heavy atom. The number of rotatable bonds is 6. The molecule has 1 aliphatic rings. The van der Waals surface area contributed by atoms with E-state index in [2.05, 4.69) is 10.4 Å². The summed E-state index contributed by atoms with van der Waals surface area (Å²) in [6.07, 6.45) is 2.87. The molecule has 25 heavy (non-hydrogen) atoms. The van der Waals surface area contributed by atoms with Gasteiger partial charge in [0, 0.05) is 12.6 Å². The summed E-state index contributed by atoms with van der Waals surface area (Å²) in [6, 6.07) is 6.68. The second-order valence-electron chi connectivity index (χ2n) is 5.85. The first kappa shape index (κ1) is 17.0. The quantitative estimate of drug-likeness (QED) is 0.852. The molecule has 0 atom stereocenters. The zero-order valence-electron chi connectivity index (χ0n) is 14.4. The van der Waals surface area contributed by atoms with Gasteiger partial charge in [-0.3, -0.25) is 9.59 Å². The van der Waals surface area contributed by atoms with E-state index >= 15 is 0 Å². The number of ether oxygens (including phenoxy) is 2. The lowest BCUT2D eigenvalue weighted by atomic mass is 10.1. The summed E-state index contributed by atoms with van der Waals surface area (Å²) in [6.45, 7) is 0.620. The predicted molar refractivity (Wildman–Crippen MR) is 92.4 cm³/mol. The molecule has 2 aromatic rings. The molecular formula is C18H21N3O4. The molecule has 0 unspecified atom stereocenters. The van der Waals surface area contributed by atoms with Crippen LogP contribution in [-0.2, 0) is 19.4 Å². The molecule has 0 spiro atoms. The van der Waals surface area contributed by atoms with Crippen molar-refractivity contribution in [2.75, 3.05) is 20.8 Å². The molecule has 3 rings (SSSR count). The Hall–Kier alpha value is -2.83. The fourth-order valence-electron chi connectivity index (χ4n) is 2.96. The van der Waals surface area contributed by atoms with Crippen molar-refractivity contribution in [2.24, 2.45) is 0 Å². The fraction of sp³-hybridized carbons (Fsp3) is 0.389. The minimum atomic E-state index is -0.287. The molecule has 0 fully saturated rings. The van der Waals surface area contributed by atoms with Gasteiger partial charge in [-0.2, -0.15) is 5.10 Å². The molecule has 1 aliphatic carbocycles. The number of aromatic nitrogens is 2. The maximum Gasteiger partial charge on any atom is 0.267 e. The van der Waals surface area contributed by atoms with E-state index in [0.29, 0.717) is 30.2 Å². The van der Waals surface area contributed by atoms with Crippen LogP contribution in [-0.4, -0.2) is 36.5 Å². The van der Waals surface area contributed by atoms with E-state index in [-0.39, 0.29) is 11.5 Å². The van der Waals surface area contributed by atoms with Gasteiger partial charge in [-0.25, -0.2) is 4.68 Å². The van der Waals surface area contributed by atoms with Crippen LogP contribution in [0.3, 0.4) is 0 Å². The molecule has 7 heteroatoms. The molecular weight excluding hydrogens is 322 g/mol. The van der Waals surface area contributed by atoms with Gasteiger partial charge in [0.25, 0.3) is 11.5 Å². The third kappa shape index (κ3) is 3.65. The number of aryl methyl sites for hydroxylation is 2. The van der Waals surface area contributed by atoms with Crippen LogP contribution in [0.2, 0.25) is 0 Å². The molecule has 7 nitrogen and oxygen atoms in total. The van der Waals surface area contributed by atoms with Gasteiger partial charge in [0.2, 0.25) is 0 Å². The standard InChI is InChI=1S/C18H21N3O4/c1-24-13-6-7-16(25-2)14(11-13)18(23)19-8-9-21-17(22)10-12-4-3-5-15(12)20-21/h6-7,10-11H,3-5,8-9H2,1-2H3,(H,19,23). The third-order valence-corrected chi connectivity index (χ3v) is 4.28. The van der Waals surface area contributed by atoms with Crippen LogP contribution in [0.25, 0.3) is 0 Å². The number of benzene rings is 1. The van der Waals surface area contributed by atoms with Gasteiger partial charge in [-0.05, 0) is 43.0 Å². The van der Waals surface area contributed by atoms with Crippen LogP contribution in [0.1, 0.15) is 28.0 Å². The topological polar surface area (TPSA) is 82.4 Å². The van der Waals surface area contributed by atoms with Crippen molar-refractivity contribution in [3.63, 3.8) is 0 Å². The third-order valence-electron chi connectivity index (χ3n) is 4.28. The van der Waals surface area contributed by atoms with Gasteiger partial charge in [0.05, 0.1) is 32.0 Å². The minimum Gasteiger partial charge on any atom is -0.497 e. The molecule has 0 saturated carbocycles. The fourth-order valence-corrected chi connectivity index (χ4v) is 2.96. The van der Waals surface area contributed by atoms with Gasteiger partial charge in [-0.1, -0.05) is 0 Å². The molecule has 1 amide bonds. The van der Waals surface area contributed by atoms with E-state index in [4.69, 9.17) is 9.47 Å². The van der Waals surface area contributed by atoms with Crippen molar-refractivity contribution in [3.8, 4) is 11.5 Å². The first-order valence-electron chi connectivity index (χ1n) is 8.22. The van der Waals surface area contributed by atoms with Crippen molar-refractivity contribution in [1.82, 2.24) is 15.1 Å². The van der Waals surface area contributed by atoms with Gasteiger partial charge in [0.15, 0.2) is 0 Å². The van der Waals surface area contributed by atoms with E-state index in [0.717, 1.165) is 30.5 Å². The lowest BCUT2D eigenvalue weighted by Gasteiger charge is -2.11. The van der Waals surface area contributed by atoms with Crippen molar-refractivity contribution in [1.29, 1.82) is 0 Å². The number of amides is 1. The first-order valence-corrected chi connectivity index (χ1v) is 8.22. The Balaban J connectivity index is 1.66. The van der Waals surface area contributed by atoms with Crippen molar-refractivity contribution >= 4 is 5.91 Å². The van der Waals surface area contributed by atoms with E-state index in [9.17, 15) is 9.59 Å². The number of methoxy groups -OCH3 is 2. The Labute approximate surface area is 145 Å². The normalized spacial score (nSPS) is 12.6. The summed E-state index contributed by atoms with van der Waals surface area (Å²) in [5.74, 6) is 0.749. The van der Waals surface area contributed by atoms with Crippen LogP contribution in [0, 0.1) is 0 Å². The number of fused-ring (bicyclic) bond motifs is 1. The van der Waals surface area contributed by atoms with Gasteiger partial charge in [0.1, 0.15) is 11.5 Å². The van der Waals surface area contributed by atoms with Crippen LogP contribution < -0.4 is 20.3 Å². The predicted octanol–water partition coefficient (Wildman–Crippen LogP) is 1.18.